The summed E-state index contributed by atoms with van der Waals surface area (Å²) in [6.45, 7) is 2.14. The van der Waals surface area contributed by atoms with Gasteiger partial charge in [-0.3, -0.25) is 4.79 Å². The Balaban J connectivity index is 2.38. The average Bonchev–Trinajstić information content (AvgIpc) is 2.89. The van der Waals surface area contributed by atoms with E-state index in [9.17, 15) is 9.90 Å². The summed E-state index contributed by atoms with van der Waals surface area (Å²) in [5, 5.41) is 9.78. The van der Waals surface area contributed by atoms with E-state index >= 15 is 0 Å². The summed E-state index contributed by atoms with van der Waals surface area (Å²) in [5.41, 5.74) is 6.90. The number of carboxylic acids is 1. The molecule has 3 nitrogen and oxygen atoms in total. The molecule has 1 aliphatic rings. The van der Waals surface area contributed by atoms with Gasteiger partial charge in [0, 0.05) is 6.54 Å². The van der Waals surface area contributed by atoms with Gasteiger partial charge in [0.2, 0.25) is 0 Å². The van der Waals surface area contributed by atoms with Gasteiger partial charge in [0.15, 0.2) is 0 Å². The van der Waals surface area contributed by atoms with E-state index in [0.29, 0.717) is 12.3 Å². The molecule has 1 aliphatic carbocycles. The number of carbonyl (C=O) groups is 1. The highest BCUT2D eigenvalue weighted by molar-refractivity contribution is 5.82. The molecular formula is C16H23NO2. The zero-order valence-electron chi connectivity index (χ0n) is 11.6. The lowest BCUT2D eigenvalue weighted by Crippen LogP contribution is -2.44. The Hall–Kier alpha value is -1.35. The lowest BCUT2D eigenvalue weighted by atomic mass is 9.72. The van der Waals surface area contributed by atoms with Crippen LogP contribution in [-0.2, 0) is 10.2 Å². The van der Waals surface area contributed by atoms with Crippen molar-refractivity contribution in [3.63, 3.8) is 0 Å². The van der Waals surface area contributed by atoms with Crippen LogP contribution in [0.1, 0.15) is 43.2 Å². The van der Waals surface area contributed by atoms with Crippen molar-refractivity contribution in [3.8, 4) is 0 Å². The van der Waals surface area contributed by atoms with E-state index in [2.05, 4.69) is 0 Å². The third-order valence-electron chi connectivity index (χ3n) is 4.53. The van der Waals surface area contributed by atoms with Crippen LogP contribution in [0.2, 0.25) is 0 Å². The maximum atomic E-state index is 11.9. The highest BCUT2D eigenvalue weighted by Gasteiger charge is 2.42. The molecule has 104 valence electrons. The maximum Gasteiger partial charge on any atom is 0.315 e. The maximum absolute atomic E-state index is 11.9. The van der Waals surface area contributed by atoms with Crippen molar-refractivity contribution in [2.24, 2.45) is 11.7 Å². The topological polar surface area (TPSA) is 63.3 Å². The number of hydrogen-bond acceptors (Lipinski definition) is 2. The van der Waals surface area contributed by atoms with Crippen molar-refractivity contribution < 1.29 is 9.90 Å². The van der Waals surface area contributed by atoms with E-state index in [1.165, 1.54) is 12.8 Å². The average molecular weight is 261 g/mol. The van der Waals surface area contributed by atoms with Crippen molar-refractivity contribution in [2.45, 2.75) is 44.4 Å². The summed E-state index contributed by atoms with van der Waals surface area (Å²) in [5.74, 6) is -0.282. The Morgan fingerprint density at radius 2 is 2.00 bits per heavy atom. The normalized spacial score (nSPS) is 19.3. The number of aryl methyl sites for hydroxylation is 1. The Morgan fingerprint density at radius 1 is 1.37 bits per heavy atom. The van der Waals surface area contributed by atoms with Crippen LogP contribution in [0.25, 0.3) is 0 Å². The van der Waals surface area contributed by atoms with Gasteiger partial charge in [0.1, 0.15) is 5.41 Å². The predicted octanol–water partition coefficient (Wildman–Crippen LogP) is 2.86. The van der Waals surface area contributed by atoms with E-state index < -0.39 is 11.4 Å². The second-order valence-corrected chi connectivity index (χ2v) is 5.76. The molecule has 3 heteroatoms. The van der Waals surface area contributed by atoms with Gasteiger partial charge in [0.05, 0.1) is 0 Å². The molecule has 1 unspecified atom stereocenters. The third-order valence-corrected chi connectivity index (χ3v) is 4.53. The molecule has 2 rings (SSSR count). The van der Waals surface area contributed by atoms with Gasteiger partial charge >= 0.3 is 5.97 Å². The van der Waals surface area contributed by atoms with Crippen LogP contribution in [0.15, 0.2) is 24.3 Å². The first kappa shape index (κ1) is 14.1. The number of aliphatic carboxylic acids is 1. The zero-order valence-corrected chi connectivity index (χ0v) is 11.6. The number of benzene rings is 1. The van der Waals surface area contributed by atoms with Gasteiger partial charge in [0.25, 0.3) is 0 Å². The van der Waals surface area contributed by atoms with E-state index in [4.69, 9.17) is 5.73 Å². The van der Waals surface area contributed by atoms with Crippen LogP contribution >= 0.6 is 0 Å². The number of carboxylic acid groups (broad SMARTS) is 1. The first-order valence-electron chi connectivity index (χ1n) is 7.10. The molecule has 1 fully saturated rings. The molecule has 1 atom stereocenters. The smallest absolute Gasteiger partial charge is 0.315 e. The molecule has 0 heterocycles. The number of rotatable bonds is 5. The zero-order chi connectivity index (χ0) is 13.9. The molecule has 0 amide bonds. The van der Waals surface area contributed by atoms with Crippen molar-refractivity contribution in [3.05, 3.63) is 35.4 Å². The molecule has 0 spiro atoms. The highest BCUT2D eigenvalue weighted by Crippen LogP contribution is 2.39. The van der Waals surface area contributed by atoms with Gasteiger partial charge in [-0.05, 0) is 30.4 Å². The summed E-state index contributed by atoms with van der Waals surface area (Å²) < 4.78 is 0. The third kappa shape index (κ3) is 2.66. The lowest BCUT2D eigenvalue weighted by molar-refractivity contribution is -0.144. The van der Waals surface area contributed by atoms with Gasteiger partial charge < -0.3 is 10.8 Å². The summed E-state index contributed by atoms with van der Waals surface area (Å²) in [4.78, 5) is 11.9. The second-order valence-electron chi connectivity index (χ2n) is 5.76. The first-order valence-corrected chi connectivity index (χ1v) is 7.10. The van der Waals surface area contributed by atoms with Gasteiger partial charge in [-0.15, -0.1) is 0 Å². The molecule has 0 radical (unpaired) electrons. The van der Waals surface area contributed by atoms with Crippen LogP contribution in [0.5, 0.6) is 0 Å². The lowest BCUT2D eigenvalue weighted by Gasteiger charge is -2.32. The van der Waals surface area contributed by atoms with Gasteiger partial charge in [-0.2, -0.15) is 0 Å². The molecule has 0 saturated heterocycles. The fraction of sp³-hybridized carbons (Fsp3) is 0.562. The van der Waals surface area contributed by atoms with Crippen LogP contribution in [0, 0.1) is 12.8 Å². The fourth-order valence-corrected chi connectivity index (χ4v) is 3.41. The molecule has 1 aromatic rings. The summed E-state index contributed by atoms with van der Waals surface area (Å²) in [7, 11) is 0. The summed E-state index contributed by atoms with van der Waals surface area (Å²) in [6.07, 6.45) is 5.39. The minimum Gasteiger partial charge on any atom is -0.481 e. The molecule has 1 aromatic carbocycles. The number of nitrogens with two attached hydrogens (primary N) is 1. The summed E-state index contributed by atoms with van der Waals surface area (Å²) >= 11 is 0. The molecule has 1 saturated carbocycles. The highest BCUT2D eigenvalue weighted by atomic mass is 16.4. The molecule has 19 heavy (non-hydrogen) atoms. The second kappa shape index (κ2) is 5.74. The van der Waals surface area contributed by atoms with Crippen molar-refractivity contribution in [2.75, 3.05) is 6.54 Å². The van der Waals surface area contributed by atoms with E-state index in [1.54, 1.807) is 0 Å². The standard InChI is InChI=1S/C16H23NO2/c1-12-6-2-5-9-14(12)16(11-17,15(18)19)10-13-7-3-4-8-13/h2,5-6,9,13H,3-4,7-8,10-11,17H2,1H3,(H,18,19). The molecule has 0 aliphatic heterocycles. The van der Waals surface area contributed by atoms with E-state index in [1.807, 2.05) is 31.2 Å². The first-order chi connectivity index (χ1) is 9.10. The minimum absolute atomic E-state index is 0.170. The van der Waals surface area contributed by atoms with Crippen molar-refractivity contribution in [1.29, 1.82) is 0 Å². The quantitative estimate of drug-likeness (QED) is 0.856. The van der Waals surface area contributed by atoms with Crippen LogP contribution < -0.4 is 5.73 Å². The largest absolute Gasteiger partial charge is 0.481 e. The SMILES string of the molecule is Cc1ccccc1C(CN)(CC1CCCC1)C(=O)O. The Bertz CT molecular complexity index is 452. The molecular weight excluding hydrogens is 238 g/mol. The molecule has 0 bridgehead atoms. The van der Waals surface area contributed by atoms with Crippen LogP contribution in [0.4, 0.5) is 0 Å². The Morgan fingerprint density at radius 3 is 2.53 bits per heavy atom. The van der Waals surface area contributed by atoms with Crippen LogP contribution in [-0.4, -0.2) is 17.6 Å². The fourth-order valence-electron chi connectivity index (χ4n) is 3.41. The predicted molar refractivity (Wildman–Crippen MR) is 76.1 cm³/mol. The van der Waals surface area contributed by atoms with E-state index in [0.717, 1.165) is 24.0 Å². The monoisotopic (exact) mass is 261 g/mol. The summed E-state index contributed by atoms with van der Waals surface area (Å²) in [6, 6.07) is 7.74. The van der Waals surface area contributed by atoms with Crippen molar-refractivity contribution in [1.82, 2.24) is 0 Å². The Kier molecular flexibility index (Phi) is 4.25. The molecule has 3 N–H and O–H groups in total. The van der Waals surface area contributed by atoms with Gasteiger partial charge in [-0.25, -0.2) is 0 Å². The molecule has 0 aromatic heterocycles. The van der Waals surface area contributed by atoms with E-state index in [-0.39, 0.29) is 6.54 Å². The number of hydrogen-bond donors (Lipinski definition) is 2. The van der Waals surface area contributed by atoms with Gasteiger partial charge in [-0.1, -0.05) is 49.9 Å². The van der Waals surface area contributed by atoms with Crippen molar-refractivity contribution >= 4 is 5.97 Å². The Labute approximate surface area is 114 Å². The van der Waals surface area contributed by atoms with Crippen LogP contribution in [0.3, 0.4) is 0 Å². The minimum atomic E-state index is -0.916.